The van der Waals surface area contributed by atoms with Crippen LogP contribution in [0, 0.1) is 5.92 Å². The van der Waals surface area contributed by atoms with E-state index < -0.39 is 0 Å². The zero-order chi connectivity index (χ0) is 12.8. The molecule has 1 aliphatic rings. The first-order chi connectivity index (χ1) is 8.79. The van der Waals surface area contributed by atoms with Gasteiger partial charge in [0.1, 0.15) is 5.82 Å². The third kappa shape index (κ3) is 3.86. The lowest BCUT2D eigenvalue weighted by molar-refractivity contribution is 0.492. The number of aromatic nitrogens is 2. The van der Waals surface area contributed by atoms with Crippen LogP contribution in [0.5, 0.6) is 0 Å². The standard InChI is InChI=1S/C16H28N2/c1-3-4-5-6-7-8-9-16-17-14-11-10-13(2)12-15(14)18-16/h13H,3-12H2,1-2H3,(H,17,18). The summed E-state index contributed by atoms with van der Waals surface area (Å²) in [7, 11) is 0. The Labute approximate surface area is 112 Å². The average Bonchev–Trinajstić information content (AvgIpc) is 2.75. The third-order valence-corrected chi connectivity index (χ3v) is 4.11. The van der Waals surface area contributed by atoms with Gasteiger partial charge >= 0.3 is 0 Å². The highest BCUT2D eigenvalue weighted by Gasteiger charge is 2.18. The van der Waals surface area contributed by atoms with Crippen LogP contribution in [-0.4, -0.2) is 9.97 Å². The molecule has 0 radical (unpaired) electrons. The Morgan fingerprint density at radius 3 is 2.78 bits per heavy atom. The molecule has 0 aliphatic heterocycles. The van der Waals surface area contributed by atoms with Gasteiger partial charge in [0.05, 0.1) is 5.69 Å². The summed E-state index contributed by atoms with van der Waals surface area (Å²) in [4.78, 5) is 8.32. The number of fused-ring (bicyclic) bond motifs is 1. The molecule has 1 aromatic rings. The Morgan fingerprint density at radius 1 is 1.17 bits per heavy atom. The van der Waals surface area contributed by atoms with Crippen LogP contribution in [0.1, 0.15) is 76.0 Å². The summed E-state index contributed by atoms with van der Waals surface area (Å²) in [6, 6.07) is 0. The zero-order valence-electron chi connectivity index (χ0n) is 12.1. The van der Waals surface area contributed by atoms with Crippen molar-refractivity contribution in [2.24, 2.45) is 5.92 Å². The lowest BCUT2D eigenvalue weighted by Gasteiger charge is -2.15. The van der Waals surface area contributed by atoms with Crippen LogP contribution in [0.2, 0.25) is 0 Å². The number of rotatable bonds is 7. The summed E-state index contributed by atoms with van der Waals surface area (Å²) in [5, 5.41) is 0. The Kier molecular flexibility index (Phi) is 5.27. The molecule has 0 spiro atoms. The molecule has 1 heterocycles. The zero-order valence-corrected chi connectivity index (χ0v) is 12.1. The second kappa shape index (κ2) is 6.96. The van der Waals surface area contributed by atoms with E-state index in [9.17, 15) is 0 Å². The van der Waals surface area contributed by atoms with E-state index in [0.717, 1.165) is 12.3 Å². The number of imidazole rings is 1. The molecule has 0 aromatic carbocycles. The monoisotopic (exact) mass is 248 g/mol. The molecule has 1 atom stereocenters. The van der Waals surface area contributed by atoms with E-state index in [2.05, 4.69) is 18.8 Å². The summed E-state index contributed by atoms with van der Waals surface area (Å²) >= 11 is 0. The van der Waals surface area contributed by atoms with Gasteiger partial charge in [-0.1, -0.05) is 46.0 Å². The van der Waals surface area contributed by atoms with Gasteiger partial charge in [-0.05, 0) is 31.6 Å². The molecule has 0 bridgehead atoms. The van der Waals surface area contributed by atoms with Crippen molar-refractivity contribution in [3.8, 4) is 0 Å². The van der Waals surface area contributed by atoms with Crippen molar-refractivity contribution in [3.05, 3.63) is 17.2 Å². The van der Waals surface area contributed by atoms with E-state index >= 15 is 0 Å². The van der Waals surface area contributed by atoms with Crippen LogP contribution in [0.3, 0.4) is 0 Å². The largest absolute Gasteiger partial charge is 0.346 e. The van der Waals surface area contributed by atoms with Crippen LogP contribution in [0.15, 0.2) is 0 Å². The number of nitrogens with one attached hydrogen (secondary N) is 1. The van der Waals surface area contributed by atoms with E-state index in [-0.39, 0.29) is 0 Å². The summed E-state index contributed by atoms with van der Waals surface area (Å²) in [5.74, 6) is 2.07. The maximum atomic E-state index is 4.76. The molecule has 102 valence electrons. The van der Waals surface area contributed by atoms with Gasteiger partial charge in [0.25, 0.3) is 0 Å². The molecule has 2 rings (SSSR count). The fourth-order valence-electron chi connectivity index (χ4n) is 2.91. The van der Waals surface area contributed by atoms with Crippen molar-refractivity contribution >= 4 is 0 Å². The molecular weight excluding hydrogens is 220 g/mol. The Bertz CT molecular complexity index is 354. The second-order valence-corrected chi connectivity index (χ2v) is 5.97. The number of H-pyrrole nitrogens is 1. The van der Waals surface area contributed by atoms with Crippen molar-refractivity contribution in [2.45, 2.75) is 78.1 Å². The first kappa shape index (κ1) is 13.6. The van der Waals surface area contributed by atoms with Crippen LogP contribution >= 0.6 is 0 Å². The van der Waals surface area contributed by atoms with Gasteiger partial charge in [-0.2, -0.15) is 0 Å². The molecular formula is C16H28N2. The van der Waals surface area contributed by atoms with Crippen molar-refractivity contribution in [1.82, 2.24) is 9.97 Å². The van der Waals surface area contributed by atoms with E-state index in [4.69, 9.17) is 4.98 Å². The minimum atomic E-state index is 0.833. The molecule has 18 heavy (non-hydrogen) atoms. The molecule has 1 N–H and O–H groups in total. The molecule has 1 aliphatic carbocycles. The maximum Gasteiger partial charge on any atom is 0.106 e. The number of unbranched alkanes of at least 4 members (excludes halogenated alkanes) is 5. The van der Waals surface area contributed by atoms with Crippen LogP contribution in [0.4, 0.5) is 0 Å². The Balaban J connectivity index is 1.70. The van der Waals surface area contributed by atoms with Crippen LogP contribution in [-0.2, 0) is 19.3 Å². The maximum absolute atomic E-state index is 4.76. The molecule has 2 heteroatoms. The SMILES string of the molecule is CCCCCCCCc1nc2c([nH]1)CC(C)CC2. The average molecular weight is 248 g/mol. The summed E-state index contributed by atoms with van der Waals surface area (Å²) in [5.41, 5.74) is 2.78. The minimum Gasteiger partial charge on any atom is -0.346 e. The van der Waals surface area contributed by atoms with Gasteiger partial charge in [0.2, 0.25) is 0 Å². The number of hydrogen-bond acceptors (Lipinski definition) is 1. The van der Waals surface area contributed by atoms with Crippen LogP contribution < -0.4 is 0 Å². The molecule has 0 amide bonds. The second-order valence-electron chi connectivity index (χ2n) is 5.97. The van der Waals surface area contributed by atoms with E-state index in [1.165, 1.54) is 75.0 Å². The number of aryl methyl sites for hydroxylation is 2. The molecule has 0 fully saturated rings. The summed E-state index contributed by atoms with van der Waals surface area (Å²) in [6.07, 6.45) is 13.0. The van der Waals surface area contributed by atoms with Crippen molar-refractivity contribution in [1.29, 1.82) is 0 Å². The highest BCUT2D eigenvalue weighted by Crippen LogP contribution is 2.23. The van der Waals surface area contributed by atoms with Gasteiger partial charge in [-0.3, -0.25) is 0 Å². The summed E-state index contributed by atoms with van der Waals surface area (Å²) < 4.78 is 0. The van der Waals surface area contributed by atoms with Gasteiger partial charge < -0.3 is 4.98 Å². The predicted octanol–water partition coefficient (Wildman–Crippen LogP) is 4.44. The van der Waals surface area contributed by atoms with Crippen molar-refractivity contribution in [3.63, 3.8) is 0 Å². The molecule has 1 aromatic heterocycles. The minimum absolute atomic E-state index is 0.833. The fourth-order valence-corrected chi connectivity index (χ4v) is 2.91. The van der Waals surface area contributed by atoms with Crippen molar-refractivity contribution in [2.75, 3.05) is 0 Å². The summed E-state index contributed by atoms with van der Waals surface area (Å²) in [6.45, 7) is 4.62. The van der Waals surface area contributed by atoms with E-state index in [1.54, 1.807) is 0 Å². The normalized spacial score (nSPS) is 18.9. The highest BCUT2D eigenvalue weighted by atomic mass is 14.9. The van der Waals surface area contributed by atoms with Crippen LogP contribution in [0.25, 0.3) is 0 Å². The lowest BCUT2D eigenvalue weighted by atomic mass is 9.92. The number of nitrogens with zero attached hydrogens (tertiary/aromatic N) is 1. The smallest absolute Gasteiger partial charge is 0.106 e. The van der Waals surface area contributed by atoms with Gasteiger partial charge in [0, 0.05) is 12.1 Å². The lowest BCUT2D eigenvalue weighted by Crippen LogP contribution is -2.10. The molecule has 0 saturated heterocycles. The quantitative estimate of drug-likeness (QED) is 0.710. The fraction of sp³-hybridized carbons (Fsp3) is 0.812. The Hall–Kier alpha value is -0.790. The number of hydrogen-bond donors (Lipinski definition) is 1. The van der Waals surface area contributed by atoms with Crippen molar-refractivity contribution < 1.29 is 0 Å². The molecule has 2 nitrogen and oxygen atoms in total. The number of aromatic amines is 1. The van der Waals surface area contributed by atoms with Gasteiger partial charge in [0.15, 0.2) is 0 Å². The van der Waals surface area contributed by atoms with E-state index in [0.29, 0.717) is 0 Å². The predicted molar refractivity (Wildman–Crippen MR) is 76.9 cm³/mol. The van der Waals surface area contributed by atoms with E-state index in [1.807, 2.05) is 0 Å². The van der Waals surface area contributed by atoms with Gasteiger partial charge in [-0.25, -0.2) is 4.98 Å². The molecule has 1 unspecified atom stereocenters. The van der Waals surface area contributed by atoms with Gasteiger partial charge in [-0.15, -0.1) is 0 Å². The Morgan fingerprint density at radius 2 is 1.94 bits per heavy atom. The first-order valence-corrected chi connectivity index (χ1v) is 7.86. The first-order valence-electron chi connectivity index (χ1n) is 7.86. The topological polar surface area (TPSA) is 28.7 Å². The molecule has 0 saturated carbocycles. The third-order valence-electron chi connectivity index (χ3n) is 4.11. The highest BCUT2D eigenvalue weighted by molar-refractivity contribution is 5.18.